The molecule has 0 radical (unpaired) electrons. The van der Waals surface area contributed by atoms with E-state index in [2.05, 4.69) is 5.32 Å². The number of hydrogen-bond donors (Lipinski definition) is 1. The number of nitrogens with one attached hydrogen (secondary N) is 1. The van der Waals surface area contributed by atoms with E-state index >= 15 is 0 Å². The third kappa shape index (κ3) is 2.45. The van der Waals surface area contributed by atoms with E-state index in [1.54, 1.807) is 11.0 Å². The quantitative estimate of drug-likeness (QED) is 0.946. The number of likely N-dealkylation sites (N-methyl/N-ethyl adjacent to an activating group) is 1. The van der Waals surface area contributed by atoms with Gasteiger partial charge in [-0.15, -0.1) is 11.3 Å². The fourth-order valence-electron chi connectivity index (χ4n) is 2.66. The van der Waals surface area contributed by atoms with Gasteiger partial charge in [-0.25, -0.2) is 0 Å². The molecule has 108 valence electrons. The topological polar surface area (TPSA) is 49.4 Å². The minimum absolute atomic E-state index is 0.0985. The van der Waals surface area contributed by atoms with E-state index in [-0.39, 0.29) is 11.8 Å². The van der Waals surface area contributed by atoms with E-state index in [1.807, 2.05) is 42.6 Å². The molecule has 4 nitrogen and oxygen atoms in total. The van der Waals surface area contributed by atoms with Crippen LogP contribution in [0.25, 0.3) is 0 Å². The molecular formula is C16H16N2O2S. The summed E-state index contributed by atoms with van der Waals surface area (Å²) in [4.78, 5) is 27.3. The maximum Gasteiger partial charge on any atom is 0.269 e. The van der Waals surface area contributed by atoms with E-state index in [0.717, 1.165) is 11.3 Å². The maximum atomic E-state index is 12.7. The molecular weight excluding hydrogens is 284 g/mol. The minimum atomic E-state index is -0.461. The van der Waals surface area contributed by atoms with Gasteiger partial charge in [0.1, 0.15) is 6.04 Å². The highest BCUT2D eigenvalue weighted by Gasteiger charge is 2.38. The molecule has 0 bridgehead atoms. The molecule has 0 fully saturated rings. The summed E-state index contributed by atoms with van der Waals surface area (Å²) in [5.41, 5.74) is 1.88. The summed E-state index contributed by atoms with van der Waals surface area (Å²) in [6, 6.07) is 10.9. The van der Waals surface area contributed by atoms with Gasteiger partial charge in [0, 0.05) is 18.7 Å². The fraction of sp³-hybridized carbons (Fsp3) is 0.250. The van der Waals surface area contributed by atoms with Gasteiger partial charge in [0.25, 0.3) is 5.91 Å². The Morgan fingerprint density at radius 3 is 2.81 bits per heavy atom. The third-order valence-electron chi connectivity index (χ3n) is 3.58. The summed E-state index contributed by atoms with van der Waals surface area (Å²) >= 11 is 1.40. The normalized spacial score (nSPS) is 16.6. The number of nitrogens with zero attached hydrogens (tertiary/aromatic N) is 1. The van der Waals surface area contributed by atoms with E-state index in [9.17, 15) is 9.59 Å². The van der Waals surface area contributed by atoms with Crippen molar-refractivity contribution >= 4 is 28.8 Å². The number of fused-ring (bicyclic) bond motifs is 1. The van der Waals surface area contributed by atoms with E-state index in [0.29, 0.717) is 17.8 Å². The van der Waals surface area contributed by atoms with Crippen LogP contribution < -0.4 is 10.2 Å². The van der Waals surface area contributed by atoms with Gasteiger partial charge in [-0.3, -0.25) is 14.5 Å². The van der Waals surface area contributed by atoms with Crippen molar-refractivity contribution in [1.29, 1.82) is 0 Å². The summed E-state index contributed by atoms with van der Waals surface area (Å²) in [7, 11) is 0. The second-order valence-corrected chi connectivity index (χ2v) is 5.84. The molecule has 1 aliphatic heterocycles. The second-order valence-electron chi connectivity index (χ2n) is 4.90. The number of thiophene rings is 1. The van der Waals surface area contributed by atoms with Gasteiger partial charge in [-0.1, -0.05) is 24.3 Å². The Kier molecular flexibility index (Phi) is 3.75. The van der Waals surface area contributed by atoms with Gasteiger partial charge in [-0.2, -0.15) is 0 Å². The Labute approximate surface area is 127 Å². The number of amides is 2. The highest BCUT2D eigenvalue weighted by molar-refractivity contribution is 7.12. The molecule has 0 saturated carbocycles. The molecule has 1 aromatic heterocycles. The van der Waals surface area contributed by atoms with Gasteiger partial charge < -0.3 is 5.32 Å². The lowest BCUT2D eigenvalue weighted by molar-refractivity contribution is -0.122. The molecule has 2 amide bonds. The molecule has 0 saturated heterocycles. The number of benzene rings is 1. The van der Waals surface area contributed by atoms with Gasteiger partial charge in [0.05, 0.1) is 4.88 Å². The van der Waals surface area contributed by atoms with Crippen molar-refractivity contribution in [1.82, 2.24) is 5.32 Å². The van der Waals surface area contributed by atoms with Gasteiger partial charge in [-0.05, 0) is 30.0 Å². The lowest BCUT2D eigenvalue weighted by atomic mass is 10.1. The zero-order valence-electron chi connectivity index (χ0n) is 11.7. The van der Waals surface area contributed by atoms with Crippen molar-refractivity contribution in [3.8, 4) is 0 Å². The smallest absolute Gasteiger partial charge is 0.269 e. The number of anilines is 1. The molecule has 1 N–H and O–H groups in total. The Balaban J connectivity index is 1.99. The molecule has 1 aliphatic rings. The summed E-state index contributed by atoms with van der Waals surface area (Å²) in [6.45, 7) is 2.44. The van der Waals surface area contributed by atoms with E-state index in [1.165, 1.54) is 11.3 Å². The van der Waals surface area contributed by atoms with Crippen LogP contribution in [-0.2, 0) is 11.2 Å². The molecule has 3 rings (SSSR count). The molecule has 0 aliphatic carbocycles. The summed E-state index contributed by atoms with van der Waals surface area (Å²) in [5.74, 6) is -0.204. The number of carbonyl (C=O) groups excluding carboxylic acids is 2. The molecule has 0 unspecified atom stereocenters. The maximum absolute atomic E-state index is 12.7. The van der Waals surface area contributed by atoms with Gasteiger partial charge >= 0.3 is 0 Å². The molecule has 2 aromatic rings. The first-order chi connectivity index (χ1) is 10.2. The number of hydrogen-bond acceptors (Lipinski definition) is 3. The molecule has 1 atom stereocenters. The Bertz CT molecular complexity index is 667. The molecule has 1 aromatic carbocycles. The van der Waals surface area contributed by atoms with Crippen LogP contribution in [0.5, 0.6) is 0 Å². The fourth-order valence-corrected chi connectivity index (χ4v) is 3.32. The van der Waals surface area contributed by atoms with Crippen LogP contribution in [0.3, 0.4) is 0 Å². The lowest BCUT2D eigenvalue weighted by Crippen LogP contribution is -2.47. The highest BCUT2D eigenvalue weighted by atomic mass is 32.1. The van der Waals surface area contributed by atoms with Gasteiger partial charge in [0.15, 0.2) is 0 Å². The predicted octanol–water partition coefficient (Wildman–Crippen LogP) is 2.46. The average molecular weight is 300 g/mol. The highest BCUT2D eigenvalue weighted by Crippen LogP contribution is 2.34. The first-order valence-electron chi connectivity index (χ1n) is 6.95. The van der Waals surface area contributed by atoms with Crippen molar-refractivity contribution in [2.24, 2.45) is 0 Å². The van der Waals surface area contributed by atoms with Crippen LogP contribution in [0, 0.1) is 0 Å². The SMILES string of the molecule is CCNC(=O)[C@H]1Cc2ccccc2N1C(=O)c1cccs1. The third-order valence-corrected chi connectivity index (χ3v) is 4.44. The van der Waals surface area contributed by atoms with Crippen LogP contribution in [0.15, 0.2) is 41.8 Å². The Morgan fingerprint density at radius 2 is 2.10 bits per heavy atom. The van der Waals surface area contributed by atoms with Crippen LogP contribution in [-0.4, -0.2) is 24.4 Å². The minimum Gasteiger partial charge on any atom is -0.355 e. The van der Waals surface area contributed by atoms with Crippen molar-refractivity contribution < 1.29 is 9.59 Å². The first-order valence-corrected chi connectivity index (χ1v) is 7.83. The number of carbonyl (C=O) groups is 2. The van der Waals surface area contributed by atoms with Crippen molar-refractivity contribution in [2.45, 2.75) is 19.4 Å². The van der Waals surface area contributed by atoms with Crippen molar-refractivity contribution in [2.75, 3.05) is 11.4 Å². The Morgan fingerprint density at radius 1 is 1.29 bits per heavy atom. The molecule has 21 heavy (non-hydrogen) atoms. The lowest BCUT2D eigenvalue weighted by Gasteiger charge is -2.24. The Hall–Kier alpha value is -2.14. The van der Waals surface area contributed by atoms with E-state index < -0.39 is 6.04 Å². The molecule has 5 heteroatoms. The van der Waals surface area contributed by atoms with Gasteiger partial charge in [0.2, 0.25) is 5.91 Å². The number of para-hydroxylation sites is 1. The second kappa shape index (κ2) is 5.69. The van der Waals surface area contributed by atoms with Crippen LogP contribution in [0.2, 0.25) is 0 Å². The van der Waals surface area contributed by atoms with Crippen LogP contribution >= 0.6 is 11.3 Å². The first kappa shape index (κ1) is 13.8. The average Bonchev–Trinajstić information content (AvgIpc) is 3.14. The van der Waals surface area contributed by atoms with Crippen LogP contribution in [0.1, 0.15) is 22.2 Å². The standard InChI is InChI=1S/C16H16N2O2S/c1-2-17-15(19)13-10-11-6-3-4-7-12(11)18(13)16(20)14-8-5-9-21-14/h3-9,13H,2,10H2,1H3,(H,17,19)/t13-/m1/s1. The summed E-state index contributed by atoms with van der Waals surface area (Å²) < 4.78 is 0. The van der Waals surface area contributed by atoms with Crippen LogP contribution in [0.4, 0.5) is 5.69 Å². The summed E-state index contributed by atoms with van der Waals surface area (Å²) in [6.07, 6.45) is 0.569. The monoisotopic (exact) mass is 300 g/mol. The van der Waals surface area contributed by atoms with Crippen molar-refractivity contribution in [3.05, 3.63) is 52.2 Å². The predicted molar refractivity (Wildman–Crippen MR) is 83.7 cm³/mol. The largest absolute Gasteiger partial charge is 0.355 e. The summed E-state index contributed by atoms with van der Waals surface area (Å²) in [5, 5.41) is 4.69. The zero-order chi connectivity index (χ0) is 14.8. The van der Waals surface area contributed by atoms with E-state index in [4.69, 9.17) is 0 Å². The molecule has 0 spiro atoms. The molecule has 2 heterocycles. The number of rotatable bonds is 3. The van der Waals surface area contributed by atoms with Crippen molar-refractivity contribution in [3.63, 3.8) is 0 Å². The zero-order valence-corrected chi connectivity index (χ0v) is 12.5.